The van der Waals surface area contributed by atoms with Crippen molar-refractivity contribution in [2.45, 2.75) is 71.0 Å². The molecule has 2 aromatic heterocycles. The number of aryl methyl sites for hydroxylation is 1. The molecule has 8 nitrogen and oxygen atoms in total. The topological polar surface area (TPSA) is 67.9 Å². The van der Waals surface area contributed by atoms with E-state index in [2.05, 4.69) is 45.4 Å². The van der Waals surface area contributed by atoms with Gasteiger partial charge in [0.05, 0.1) is 12.1 Å². The highest BCUT2D eigenvalue weighted by molar-refractivity contribution is 5.87. The summed E-state index contributed by atoms with van der Waals surface area (Å²) in [4.78, 5) is 30.0. The number of hydrogen-bond donors (Lipinski definition) is 0. The molecule has 3 heterocycles. The minimum atomic E-state index is -0.349. The Kier molecular flexibility index (Phi) is 7.85. The predicted molar refractivity (Wildman–Crippen MR) is 151 cm³/mol. The molecule has 1 aromatic carbocycles. The molecule has 5 rings (SSSR count). The molecule has 206 valence electrons. The van der Waals surface area contributed by atoms with E-state index in [1.165, 1.54) is 23.5 Å². The molecule has 39 heavy (non-hydrogen) atoms. The van der Waals surface area contributed by atoms with E-state index in [0.717, 1.165) is 19.3 Å². The van der Waals surface area contributed by atoms with E-state index in [9.17, 15) is 4.79 Å². The van der Waals surface area contributed by atoms with Gasteiger partial charge < -0.3 is 14.5 Å². The molecular formula is C30H37FN6O2. The molecule has 1 saturated heterocycles. The van der Waals surface area contributed by atoms with Crippen LogP contribution in [0.5, 0.6) is 5.75 Å². The molecule has 3 aromatic rings. The number of piperazine rings is 1. The van der Waals surface area contributed by atoms with Gasteiger partial charge >= 0.3 is 5.69 Å². The summed E-state index contributed by atoms with van der Waals surface area (Å²) < 4.78 is 22.8. The maximum atomic E-state index is 15.5. The Balaban J connectivity index is 1.47. The molecule has 0 spiro atoms. The van der Waals surface area contributed by atoms with Gasteiger partial charge in [0.1, 0.15) is 11.6 Å². The summed E-state index contributed by atoms with van der Waals surface area (Å²) in [7, 11) is 1.67. The van der Waals surface area contributed by atoms with E-state index in [1.54, 1.807) is 19.2 Å². The highest BCUT2D eigenvalue weighted by Gasteiger charge is 2.38. The van der Waals surface area contributed by atoms with Gasteiger partial charge in [-0.15, -0.1) is 4.98 Å². The van der Waals surface area contributed by atoms with Crippen LogP contribution >= 0.6 is 0 Å². The number of rotatable bonds is 9. The number of aromatic nitrogens is 3. The van der Waals surface area contributed by atoms with Crippen molar-refractivity contribution in [2.75, 3.05) is 24.6 Å². The van der Waals surface area contributed by atoms with Crippen LogP contribution in [0.2, 0.25) is 0 Å². The van der Waals surface area contributed by atoms with Crippen molar-refractivity contribution in [3.05, 3.63) is 63.6 Å². The Morgan fingerprint density at radius 3 is 2.51 bits per heavy atom. The average molecular weight is 533 g/mol. The number of nitrogens with zero attached hydrogens (tertiary/aromatic N) is 6. The molecule has 0 amide bonds. The predicted octanol–water partition coefficient (Wildman–Crippen LogP) is 5.64. The second-order valence-corrected chi connectivity index (χ2v) is 10.8. The van der Waals surface area contributed by atoms with Crippen LogP contribution in [-0.2, 0) is 7.05 Å². The zero-order valence-electron chi connectivity index (χ0n) is 23.2. The largest absolute Gasteiger partial charge is 0.493 e. The third kappa shape index (κ3) is 5.35. The summed E-state index contributed by atoms with van der Waals surface area (Å²) in [5.74, 6) is 1.78. The third-order valence-corrected chi connectivity index (χ3v) is 8.29. The highest BCUT2D eigenvalue weighted by Crippen LogP contribution is 2.37. The van der Waals surface area contributed by atoms with Crippen molar-refractivity contribution in [1.82, 2.24) is 19.4 Å². The molecule has 3 atom stereocenters. The second-order valence-electron chi connectivity index (χ2n) is 10.8. The van der Waals surface area contributed by atoms with E-state index < -0.39 is 0 Å². The standard InChI is InChI=1S/C30H37FN6O2/c1-6-20-17-37(29-28-26(35(5)30(38)34-29)13-14-27(32-4)33-28)21(7-2)16-36(20)25(8-3)23-12-11-22(15-24(23)31)39-18-19-9-10-19/h11-15,19-21,25H,6-10,16-18H2,1-3,5H3/t20-,21+,25?/m1/s1. The molecule has 1 aliphatic carbocycles. The van der Waals surface area contributed by atoms with Crippen LogP contribution in [0.25, 0.3) is 15.9 Å². The number of pyridine rings is 1. The van der Waals surface area contributed by atoms with Crippen molar-refractivity contribution in [3.63, 3.8) is 0 Å². The highest BCUT2D eigenvalue weighted by atomic mass is 19.1. The maximum absolute atomic E-state index is 15.5. The van der Waals surface area contributed by atoms with Crippen molar-refractivity contribution in [3.8, 4) is 5.75 Å². The van der Waals surface area contributed by atoms with Gasteiger partial charge in [0.15, 0.2) is 5.82 Å². The van der Waals surface area contributed by atoms with Crippen LogP contribution in [0, 0.1) is 18.3 Å². The van der Waals surface area contributed by atoms with E-state index in [4.69, 9.17) is 11.3 Å². The summed E-state index contributed by atoms with van der Waals surface area (Å²) in [5.41, 5.74) is 1.56. The summed E-state index contributed by atoms with van der Waals surface area (Å²) in [6, 6.07) is 8.80. The van der Waals surface area contributed by atoms with E-state index in [0.29, 0.717) is 53.8 Å². The fraction of sp³-hybridized carbons (Fsp3) is 0.533. The quantitative estimate of drug-likeness (QED) is 0.333. The first kappa shape index (κ1) is 27.1. The van der Waals surface area contributed by atoms with Crippen molar-refractivity contribution in [1.29, 1.82) is 0 Å². The lowest BCUT2D eigenvalue weighted by Crippen LogP contribution is -2.59. The number of anilines is 1. The van der Waals surface area contributed by atoms with Crippen molar-refractivity contribution < 1.29 is 9.13 Å². The zero-order chi connectivity index (χ0) is 27.7. The van der Waals surface area contributed by atoms with Crippen molar-refractivity contribution >= 4 is 22.7 Å². The van der Waals surface area contributed by atoms with Crippen LogP contribution in [0.3, 0.4) is 0 Å². The monoisotopic (exact) mass is 532 g/mol. The van der Waals surface area contributed by atoms with E-state index in [1.807, 2.05) is 12.1 Å². The first-order valence-electron chi connectivity index (χ1n) is 14.1. The number of fused-ring (bicyclic) bond motifs is 1. The van der Waals surface area contributed by atoms with Crippen LogP contribution in [0.4, 0.5) is 16.0 Å². The Hall–Kier alpha value is -3.51. The second kappa shape index (κ2) is 11.3. The number of benzene rings is 1. The molecule has 0 radical (unpaired) electrons. The molecule has 2 fully saturated rings. The molecule has 1 saturated carbocycles. The molecule has 9 heteroatoms. The summed E-state index contributed by atoms with van der Waals surface area (Å²) in [5, 5.41) is 0. The van der Waals surface area contributed by atoms with Gasteiger partial charge in [-0.2, -0.15) is 4.98 Å². The molecule has 2 aliphatic rings. The zero-order valence-corrected chi connectivity index (χ0v) is 23.2. The molecule has 0 N–H and O–H groups in total. The van der Waals surface area contributed by atoms with E-state index >= 15 is 4.39 Å². The van der Waals surface area contributed by atoms with Crippen LogP contribution < -0.4 is 15.3 Å². The average Bonchev–Trinajstić information content (AvgIpc) is 3.79. The molecule has 0 bridgehead atoms. The van der Waals surface area contributed by atoms with Gasteiger partial charge in [0.2, 0.25) is 5.52 Å². The van der Waals surface area contributed by atoms with Gasteiger partial charge in [0.25, 0.3) is 5.82 Å². The lowest BCUT2D eigenvalue weighted by Gasteiger charge is -2.49. The molecular weight excluding hydrogens is 495 g/mol. The van der Waals surface area contributed by atoms with Gasteiger partial charge in [-0.3, -0.25) is 9.47 Å². The number of halogens is 1. The SMILES string of the molecule is [C-]#[N+]c1ccc2c(n1)c(N1C[C@@H](CC)N(C(CC)c3ccc(OCC4CC4)cc3F)C[C@@H]1CC)nc(=O)n2C. The summed E-state index contributed by atoms with van der Waals surface area (Å²) in [6.07, 6.45) is 4.84. The normalized spacial score (nSPS) is 20.7. The fourth-order valence-corrected chi connectivity index (χ4v) is 5.79. The molecule has 1 unspecified atom stereocenters. The lowest BCUT2D eigenvalue weighted by molar-refractivity contribution is 0.0876. The Labute approximate surface area is 229 Å². The van der Waals surface area contributed by atoms with Crippen LogP contribution in [0.1, 0.15) is 64.5 Å². The summed E-state index contributed by atoms with van der Waals surface area (Å²) in [6.45, 7) is 15.8. The fourth-order valence-electron chi connectivity index (χ4n) is 5.79. The smallest absolute Gasteiger partial charge is 0.350 e. The third-order valence-electron chi connectivity index (χ3n) is 8.29. The minimum Gasteiger partial charge on any atom is -0.493 e. The van der Waals surface area contributed by atoms with Gasteiger partial charge in [0, 0.05) is 49.9 Å². The number of hydrogen-bond acceptors (Lipinski definition) is 6. The Morgan fingerprint density at radius 1 is 1.10 bits per heavy atom. The minimum absolute atomic E-state index is 0.0484. The van der Waals surface area contributed by atoms with Crippen LogP contribution in [-0.4, -0.2) is 51.2 Å². The summed E-state index contributed by atoms with van der Waals surface area (Å²) >= 11 is 0. The maximum Gasteiger partial charge on any atom is 0.350 e. The van der Waals surface area contributed by atoms with Crippen molar-refractivity contribution in [2.24, 2.45) is 13.0 Å². The lowest BCUT2D eigenvalue weighted by atomic mass is 9.94. The Bertz CT molecular complexity index is 1450. The first-order chi connectivity index (χ1) is 18.9. The molecule has 1 aliphatic heterocycles. The van der Waals surface area contributed by atoms with Gasteiger partial charge in [-0.05, 0) is 56.2 Å². The van der Waals surface area contributed by atoms with Crippen LogP contribution in [0.15, 0.2) is 35.1 Å². The number of ether oxygens (including phenoxy) is 1. The first-order valence-corrected chi connectivity index (χ1v) is 14.1. The Morgan fingerprint density at radius 2 is 1.87 bits per heavy atom. The van der Waals surface area contributed by atoms with E-state index in [-0.39, 0.29) is 35.5 Å². The van der Waals surface area contributed by atoms with Gasteiger partial charge in [-0.1, -0.05) is 33.4 Å². The van der Waals surface area contributed by atoms with Gasteiger partial charge in [-0.25, -0.2) is 9.18 Å².